The number of halogens is 4. The Morgan fingerprint density at radius 2 is 2.07 bits per heavy atom. The first-order valence-corrected chi connectivity index (χ1v) is 8.64. The molecule has 30 heavy (non-hydrogen) atoms. The Morgan fingerprint density at radius 1 is 1.27 bits per heavy atom. The van der Waals surface area contributed by atoms with Gasteiger partial charge in [-0.3, -0.25) is 9.79 Å². The molecule has 2 rings (SSSR count). The van der Waals surface area contributed by atoms with Crippen LogP contribution in [-0.4, -0.2) is 54.6 Å². The van der Waals surface area contributed by atoms with E-state index in [-0.39, 0.29) is 48.4 Å². The lowest BCUT2D eigenvalue weighted by Crippen LogP contribution is -2.21. The van der Waals surface area contributed by atoms with Gasteiger partial charge in [-0.05, 0) is 18.2 Å². The highest BCUT2D eigenvalue weighted by atomic mass is 19.3. The standard InChI is InChI=1S/C18H19F4N5O3/c19-3-4-30-17-8-24-14(7-26-17)18(28)27-12-1-2-13(20)11(5-12)6-25-16(23)10-29-9-15(21)22/h1-2,5,7-8,15H,3-4,6,9-10H2,(H2,23,25)(H,27,28). The molecule has 0 saturated heterocycles. The van der Waals surface area contributed by atoms with Gasteiger partial charge < -0.3 is 20.5 Å². The maximum atomic E-state index is 14.0. The molecule has 0 atom stereocenters. The fourth-order valence-electron chi connectivity index (χ4n) is 2.10. The molecule has 0 unspecified atom stereocenters. The summed E-state index contributed by atoms with van der Waals surface area (Å²) in [4.78, 5) is 23.8. The molecule has 12 heteroatoms. The Balaban J connectivity index is 1.97. The third-order valence-corrected chi connectivity index (χ3v) is 3.44. The molecule has 162 valence electrons. The van der Waals surface area contributed by atoms with Gasteiger partial charge in [0.1, 0.15) is 43.8 Å². The van der Waals surface area contributed by atoms with Crippen LogP contribution in [0.3, 0.4) is 0 Å². The van der Waals surface area contributed by atoms with Crippen molar-refractivity contribution in [3.63, 3.8) is 0 Å². The number of alkyl halides is 3. The van der Waals surface area contributed by atoms with Crippen LogP contribution in [0.25, 0.3) is 0 Å². The van der Waals surface area contributed by atoms with E-state index in [1.807, 2.05) is 0 Å². The van der Waals surface area contributed by atoms with Crippen LogP contribution in [-0.2, 0) is 11.3 Å². The lowest BCUT2D eigenvalue weighted by molar-refractivity contribution is 0.0321. The van der Waals surface area contributed by atoms with Crippen LogP contribution < -0.4 is 15.8 Å². The van der Waals surface area contributed by atoms with Gasteiger partial charge in [0.15, 0.2) is 0 Å². The van der Waals surface area contributed by atoms with E-state index in [0.29, 0.717) is 0 Å². The molecule has 0 radical (unpaired) electrons. The number of carbonyl (C=O) groups is 1. The number of hydrogen-bond acceptors (Lipinski definition) is 6. The minimum atomic E-state index is -2.63. The van der Waals surface area contributed by atoms with E-state index >= 15 is 0 Å². The minimum absolute atomic E-state index is 0.0353. The van der Waals surface area contributed by atoms with Gasteiger partial charge >= 0.3 is 0 Å². The number of nitrogens with zero attached hydrogens (tertiary/aromatic N) is 3. The molecule has 3 N–H and O–H groups in total. The number of nitrogens with two attached hydrogens (primary N) is 1. The topological polar surface area (TPSA) is 112 Å². The molecule has 0 fully saturated rings. The number of anilines is 1. The van der Waals surface area contributed by atoms with Crippen LogP contribution in [0.1, 0.15) is 16.1 Å². The number of carbonyl (C=O) groups excluding carboxylic acids is 1. The Labute approximate surface area is 169 Å². The Morgan fingerprint density at radius 3 is 2.73 bits per heavy atom. The lowest BCUT2D eigenvalue weighted by Gasteiger charge is -2.08. The van der Waals surface area contributed by atoms with Crippen molar-refractivity contribution < 1.29 is 31.8 Å². The summed E-state index contributed by atoms with van der Waals surface area (Å²) in [5.41, 5.74) is 5.88. The zero-order valence-electron chi connectivity index (χ0n) is 15.7. The highest BCUT2D eigenvalue weighted by Gasteiger charge is 2.11. The number of amidine groups is 1. The molecule has 0 aliphatic carbocycles. The Kier molecular flexibility index (Phi) is 8.94. The van der Waals surface area contributed by atoms with Crippen molar-refractivity contribution in [1.29, 1.82) is 0 Å². The summed E-state index contributed by atoms with van der Waals surface area (Å²) in [7, 11) is 0. The molecular formula is C18H19F4N5O3. The number of ether oxygens (including phenoxy) is 2. The summed E-state index contributed by atoms with van der Waals surface area (Å²) in [6.07, 6.45) is -0.300. The van der Waals surface area contributed by atoms with Crippen LogP contribution >= 0.6 is 0 Å². The predicted molar refractivity (Wildman–Crippen MR) is 100 cm³/mol. The maximum absolute atomic E-state index is 14.0. The van der Waals surface area contributed by atoms with Crippen molar-refractivity contribution in [1.82, 2.24) is 9.97 Å². The van der Waals surface area contributed by atoms with Crippen LogP contribution in [0, 0.1) is 5.82 Å². The highest BCUT2D eigenvalue weighted by Crippen LogP contribution is 2.17. The average Bonchev–Trinajstić information content (AvgIpc) is 2.72. The van der Waals surface area contributed by atoms with Crippen molar-refractivity contribution in [2.24, 2.45) is 10.7 Å². The minimum Gasteiger partial charge on any atom is -0.474 e. The molecule has 0 saturated carbocycles. The quantitative estimate of drug-likeness (QED) is 0.322. The molecule has 8 nitrogen and oxygen atoms in total. The lowest BCUT2D eigenvalue weighted by atomic mass is 10.2. The zero-order valence-corrected chi connectivity index (χ0v) is 15.7. The number of aliphatic imine (C=N–C) groups is 1. The van der Waals surface area contributed by atoms with Crippen LogP contribution in [0.2, 0.25) is 0 Å². The van der Waals surface area contributed by atoms with E-state index in [9.17, 15) is 22.4 Å². The SMILES string of the molecule is NC(COCC(F)F)=NCc1cc(NC(=O)c2cnc(OCCF)cn2)ccc1F. The first-order chi connectivity index (χ1) is 14.4. The number of hydrogen-bond donors (Lipinski definition) is 2. The summed E-state index contributed by atoms with van der Waals surface area (Å²) in [6.45, 7) is -2.14. The van der Waals surface area contributed by atoms with Crippen molar-refractivity contribution in [3.05, 3.63) is 47.7 Å². The van der Waals surface area contributed by atoms with Crippen molar-refractivity contribution in [2.45, 2.75) is 13.0 Å². The van der Waals surface area contributed by atoms with E-state index in [1.165, 1.54) is 18.3 Å². The second-order valence-electron chi connectivity index (χ2n) is 5.75. The van der Waals surface area contributed by atoms with Gasteiger partial charge in [0, 0.05) is 11.3 Å². The van der Waals surface area contributed by atoms with E-state index < -0.39 is 31.4 Å². The maximum Gasteiger partial charge on any atom is 0.275 e. The summed E-state index contributed by atoms with van der Waals surface area (Å²) >= 11 is 0. The monoisotopic (exact) mass is 429 g/mol. The van der Waals surface area contributed by atoms with Crippen LogP contribution in [0.4, 0.5) is 23.2 Å². The highest BCUT2D eigenvalue weighted by molar-refractivity contribution is 6.02. The third-order valence-electron chi connectivity index (χ3n) is 3.44. The largest absolute Gasteiger partial charge is 0.474 e. The summed E-state index contributed by atoms with van der Waals surface area (Å²) < 4.78 is 59.6. The predicted octanol–water partition coefficient (Wildman–Crippen LogP) is 2.36. The third kappa shape index (κ3) is 7.62. The smallest absolute Gasteiger partial charge is 0.275 e. The van der Waals surface area contributed by atoms with Crippen molar-refractivity contribution in [3.8, 4) is 5.88 Å². The summed E-state index contributed by atoms with van der Waals surface area (Å²) in [5, 5.41) is 2.53. The summed E-state index contributed by atoms with van der Waals surface area (Å²) in [6, 6.07) is 3.81. The second kappa shape index (κ2) is 11.7. The molecular weight excluding hydrogens is 410 g/mol. The van der Waals surface area contributed by atoms with Gasteiger partial charge in [-0.25, -0.2) is 27.5 Å². The first kappa shape index (κ1) is 23.0. The zero-order chi connectivity index (χ0) is 21.9. The number of benzene rings is 1. The molecule has 0 spiro atoms. The van der Waals surface area contributed by atoms with Gasteiger partial charge in [-0.1, -0.05) is 0 Å². The molecule has 1 heterocycles. The van der Waals surface area contributed by atoms with E-state index in [4.69, 9.17) is 10.5 Å². The average molecular weight is 429 g/mol. The van der Waals surface area contributed by atoms with Crippen LogP contribution in [0.15, 0.2) is 35.6 Å². The van der Waals surface area contributed by atoms with Gasteiger partial charge in [0.25, 0.3) is 12.3 Å². The van der Waals surface area contributed by atoms with E-state index in [2.05, 4.69) is 25.0 Å². The molecule has 1 aromatic heterocycles. The number of amides is 1. The van der Waals surface area contributed by atoms with E-state index in [0.717, 1.165) is 12.3 Å². The van der Waals surface area contributed by atoms with E-state index in [1.54, 1.807) is 0 Å². The van der Waals surface area contributed by atoms with Gasteiger partial charge in [-0.15, -0.1) is 0 Å². The summed E-state index contributed by atoms with van der Waals surface area (Å²) in [5.74, 6) is -1.20. The van der Waals surface area contributed by atoms with Crippen LogP contribution in [0.5, 0.6) is 5.88 Å². The van der Waals surface area contributed by atoms with Gasteiger partial charge in [0.2, 0.25) is 5.88 Å². The fraction of sp³-hybridized carbons (Fsp3) is 0.333. The molecule has 0 aliphatic heterocycles. The Bertz CT molecular complexity index is 865. The van der Waals surface area contributed by atoms with Gasteiger partial charge in [0.05, 0.1) is 18.9 Å². The molecule has 2 aromatic rings. The van der Waals surface area contributed by atoms with Crippen molar-refractivity contribution in [2.75, 3.05) is 31.8 Å². The number of rotatable bonds is 11. The van der Waals surface area contributed by atoms with Gasteiger partial charge in [-0.2, -0.15) is 0 Å². The second-order valence-corrected chi connectivity index (χ2v) is 5.75. The molecule has 1 amide bonds. The number of nitrogens with one attached hydrogen (secondary N) is 1. The number of aromatic nitrogens is 2. The molecule has 1 aromatic carbocycles. The molecule has 0 aliphatic rings. The Hall–Kier alpha value is -3.28. The normalized spacial score (nSPS) is 11.6. The first-order valence-electron chi connectivity index (χ1n) is 8.64. The fourth-order valence-corrected chi connectivity index (χ4v) is 2.10. The van der Waals surface area contributed by atoms with Crippen molar-refractivity contribution >= 4 is 17.4 Å². The molecule has 0 bridgehead atoms.